The fourth-order valence-electron chi connectivity index (χ4n) is 0.863. The van der Waals surface area contributed by atoms with Gasteiger partial charge in [0.05, 0.1) is 6.42 Å². The molecule has 0 aromatic rings. The van der Waals surface area contributed by atoms with Crippen LogP contribution in [-0.2, 0) is 9.05 Å². The van der Waals surface area contributed by atoms with Gasteiger partial charge in [0.15, 0.2) is 0 Å². The molecule has 15 heteroatoms. The first-order chi connectivity index (χ1) is 8.71. The van der Waals surface area contributed by atoms with E-state index in [2.05, 4.69) is 45.5 Å². The van der Waals surface area contributed by atoms with Crippen molar-refractivity contribution in [3.8, 4) is 0 Å². The van der Waals surface area contributed by atoms with Crippen LogP contribution in [0, 0.1) is 0 Å². The van der Waals surface area contributed by atoms with Gasteiger partial charge in [0, 0.05) is 10.7 Å². The molecule has 0 rings (SSSR count). The SMILES string of the molecule is O=S(=O)(Cl)C(F)(F)CC(F)(Cl)C(F)(F)C(F)(Cl)C(F)(F)Cl. The quantitative estimate of drug-likeness (QED) is 0.343. The van der Waals surface area contributed by atoms with Crippen molar-refractivity contribution in [1.29, 1.82) is 0 Å². The molecule has 0 aromatic heterocycles. The smallest absolute Gasteiger partial charge is 0.219 e. The highest BCUT2D eigenvalue weighted by molar-refractivity contribution is 8.14. The molecule has 0 spiro atoms. The zero-order chi connectivity index (χ0) is 17.7. The van der Waals surface area contributed by atoms with Crippen molar-refractivity contribution in [2.24, 2.45) is 0 Å². The maximum Gasteiger partial charge on any atom is 0.375 e. The molecule has 0 aliphatic rings. The summed E-state index contributed by atoms with van der Waals surface area (Å²) >= 11 is 12.3. The first-order valence-electron chi connectivity index (χ1n) is 4.23. The van der Waals surface area contributed by atoms with Crippen molar-refractivity contribution >= 4 is 54.5 Å². The van der Waals surface area contributed by atoms with E-state index in [1.807, 2.05) is 0 Å². The summed E-state index contributed by atoms with van der Waals surface area (Å²) < 4.78 is 124. The Balaban J connectivity index is 5.82. The summed E-state index contributed by atoms with van der Waals surface area (Å²) in [6, 6.07) is 0. The minimum atomic E-state index is -6.24. The summed E-state index contributed by atoms with van der Waals surface area (Å²) in [6.07, 6.45) is -3.17. The van der Waals surface area contributed by atoms with Crippen LogP contribution in [0.15, 0.2) is 0 Å². The van der Waals surface area contributed by atoms with Gasteiger partial charge in [-0.05, 0) is 11.6 Å². The van der Waals surface area contributed by atoms with Gasteiger partial charge < -0.3 is 0 Å². The largest absolute Gasteiger partial charge is 0.375 e. The number of alkyl halides is 11. The van der Waals surface area contributed by atoms with Gasteiger partial charge in [-0.25, -0.2) is 17.2 Å². The zero-order valence-electron chi connectivity index (χ0n) is 8.97. The monoisotopic (exact) mass is 430 g/mol. The van der Waals surface area contributed by atoms with E-state index in [9.17, 15) is 43.5 Å². The van der Waals surface area contributed by atoms with Crippen LogP contribution in [0.25, 0.3) is 0 Å². The van der Waals surface area contributed by atoms with E-state index in [0.29, 0.717) is 0 Å². The summed E-state index contributed by atoms with van der Waals surface area (Å²) in [4.78, 5) is 0. The van der Waals surface area contributed by atoms with Crippen molar-refractivity contribution in [3.05, 3.63) is 0 Å². The Morgan fingerprint density at radius 2 is 1.14 bits per heavy atom. The molecule has 0 N–H and O–H groups in total. The predicted octanol–water partition coefficient (Wildman–Crippen LogP) is 4.81. The van der Waals surface area contributed by atoms with E-state index < -0.39 is 42.3 Å². The van der Waals surface area contributed by atoms with Crippen LogP contribution >= 0.6 is 45.5 Å². The minimum Gasteiger partial charge on any atom is -0.219 e. The van der Waals surface area contributed by atoms with Gasteiger partial charge in [0.2, 0.25) is 0 Å². The maximum absolute atomic E-state index is 13.4. The third-order valence-electron chi connectivity index (χ3n) is 1.99. The number of hydrogen-bond acceptors (Lipinski definition) is 2. The minimum absolute atomic E-state index is 3.17. The van der Waals surface area contributed by atoms with E-state index in [1.165, 1.54) is 0 Å². The van der Waals surface area contributed by atoms with Crippen LogP contribution in [0.5, 0.6) is 0 Å². The van der Waals surface area contributed by atoms with Crippen LogP contribution in [-0.4, -0.2) is 35.2 Å². The van der Waals surface area contributed by atoms with Crippen LogP contribution in [0.1, 0.15) is 6.42 Å². The number of halogens is 12. The molecule has 2 unspecified atom stereocenters. The van der Waals surface area contributed by atoms with Crippen molar-refractivity contribution in [2.75, 3.05) is 0 Å². The first kappa shape index (κ1) is 21.6. The van der Waals surface area contributed by atoms with Gasteiger partial charge in [-0.1, -0.05) is 23.2 Å². The molecular weight excluding hydrogens is 430 g/mol. The fraction of sp³-hybridized carbons (Fsp3) is 1.00. The molecule has 0 heterocycles. The van der Waals surface area contributed by atoms with Crippen LogP contribution in [0.3, 0.4) is 0 Å². The lowest BCUT2D eigenvalue weighted by molar-refractivity contribution is -0.221. The molecule has 2 atom stereocenters. The second kappa shape index (κ2) is 5.57. The van der Waals surface area contributed by atoms with Gasteiger partial charge in [-0.2, -0.15) is 26.3 Å². The molecule has 0 saturated carbocycles. The molecule has 0 aliphatic heterocycles. The highest BCUT2D eigenvalue weighted by Gasteiger charge is 2.78. The van der Waals surface area contributed by atoms with E-state index in [1.54, 1.807) is 0 Å². The van der Waals surface area contributed by atoms with E-state index >= 15 is 0 Å². The fourth-order valence-corrected chi connectivity index (χ4v) is 2.09. The Hall–Kier alpha value is 0.550. The van der Waals surface area contributed by atoms with Gasteiger partial charge in [0.1, 0.15) is 0 Å². The van der Waals surface area contributed by atoms with Gasteiger partial charge >= 0.3 is 21.7 Å². The van der Waals surface area contributed by atoms with Crippen molar-refractivity contribution < 1.29 is 43.5 Å². The van der Waals surface area contributed by atoms with E-state index in [-0.39, 0.29) is 0 Å². The Bertz CT molecular complexity index is 499. The van der Waals surface area contributed by atoms with Crippen LogP contribution in [0.2, 0.25) is 0 Å². The van der Waals surface area contributed by atoms with Crippen LogP contribution in [0.4, 0.5) is 35.1 Å². The normalized spacial score (nSPS) is 20.8. The van der Waals surface area contributed by atoms with E-state index in [0.717, 1.165) is 0 Å². The number of hydrogen-bond donors (Lipinski definition) is 0. The standard InChI is InChI=1S/C6H2Cl4F8O2S/c7-2(11,1-3(12,13)21(10,19)20)5(15,16)4(8,14)6(9,17)18/h1H2. The molecule has 21 heavy (non-hydrogen) atoms. The third kappa shape index (κ3) is 3.91. The molecule has 0 aliphatic carbocycles. The van der Waals surface area contributed by atoms with Crippen molar-refractivity contribution in [3.63, 3.8) is 0 Å². The average molecular weight is 432 g/mol. The average Bonchev–Trinajstić information content (AvgIpc) is 2.11. The van der Waals surface area contributed by atoms with Gasteiger partial charge in [-0.3, -0.25) is 0 Å². The Morgan fingerprint density at radius 1 is 0.810 bits per heavy atom. The molecule has 0 saturated heterocycles. The Kier molecular flexibility index (Phi) is 5.72. The second-order valence-electron chi connectivity index (χ2n) is 3.60. The predicted molar refractivity (Wildman–Crippen MR) is 59.5 cm³/mol. The Labute approximate surface area is 131 Å². The maximum atomic E-state index is 13.4. The van der Waals surface area contributed by atoms with Gasteiger partial charge in [-0.15, -0.1) is 0 Å². The highest BCUT2D eigenvalue weighted by Crippen LogP contribution is 2.58. The molecule has 128 valence electrons. The first-order valence-corrected chi connectivity index (χ1v) is 7.67. The molecule has 0 aromatic carbocycles. The lowest BCUT2D eigenvalue weighted by Crippen LogP contribution is -2.60. The molecule has 0 bridgehead atoms. The molecule has 0 radical (unpaired) electrons. The summed E-state index contributed by atoms with van der Waals surface area (Å²) in [5, 5.41) is -22.2. The second-order valence-corrected chi connectivity index (χ2v) is 7.89. The molecular formula is C6H2Cl4F8O2S. The van der Waals surface area contributed by atoms with E-state index in [4.69, 9.17) is 0 Å². The number of rotatable bonds is 6. The van der Waals surface area contributed by atoms with Crippen molar-refractivity contribution in [2.45, 2.75) is 33.2 Å². The summed E-state index contributed by atoms with van der Waals surface area (Å²) in [7, 11) is -1.85. The topological polar surface area (TPSA) is 34.1 Å². The molecule has 2 nitrogen and oxygen atoms in total. The van der Waals surface area contributed by atoms with Crippen LogP contribution < -0.4 is 0 Å². The van der Waals surface area contributed by atoms with Gasteiger partial charge in [0.25, 0.3) is 14.2 Å². The lowest BCUT2D eigenvalue weighted by atomic mass is 10.0. The Morgan fingerprint density at radius 3 is 1.38 bits per heavy atom. The summed E-state index contributed by atoms with van der Waals surface area (Å²) in [5.74, 6) is -6.24. The molecule has 0 fully saturated rings. The zero-order valence-corrected chi connectivity index (χ0v) is 12.8. The third-order valence-corrected chi connectivity index (χ3v) is 4.73. The summed E-state index contributed by atoms with van der Waals surface area (Å²) in [5.41, 5.74) is 0. The molecule has 0 amide bonds. The lowest BCUT2D eigenvalue weighted by Gasteiger charge is -2.37. The highest BCUT2D eigenvalue weighted by atomic mass is 35.7. The van der Waals surface area contributed by atoms with Crippen molar-refractivity contribution in [1.82, 2.24) is 0 Å². The summed E-state index contributed by atoms with van der Waals surface area (Å²) in [6.45, 7) is 0.